The van der Waals surface area contributed by atoms with Crippen LogP contribution in [0.2, 0.25) is 0 Å². The summed E-state index contributed by atoms with van der Waals surface area (Å²) in [6, 6.07) is 6.36. The van der Waals surface area contributed by atoms with Crippen molar-refractivity contribution in [1.29, 1.82) is 0 Å². The molecule has 1 saturated carbocycles. The van der Waals surface area contributed by atoms with Crippen LogP contribution in [0.25, 0.3) is 0 Å². The highest BCUT2D eigenvalue weighted by atomic mass is 19.1. The molecule has 1 aromatic rings. The molecule has 2 aliphatic rings. The summed E-state index contributed by atoms with van der Waals surface area (Å²) in [5, 5.41) is 2.99. The topological polar surface area (TPSA) is 49.4 Å². The highest BCUT2D eigenvalue weighted by Crippen LogP contribution is 2.26. The van der Waals surface area contributed by atoms with Gasteiger partial charge in [0.15, 0.2) is 0 Å². The van der Waals surface area contributed by atoms with Crippen molar-refractivity contribution in [3.05, 3.63) is 35.6 Å². The summed E-state index contributed by atoms with van der Waals surface area (Å²) in [6.45, 7) is 1.16. The molecule has 4 nitrogen and oxygen atoms in total. The Morgan fingerprint density at radius 3 is 2.78 bits per heavy atom. The second kappa shape index (κ2) is 7.11. The SMILES string of the molecule is O=C(NC[C@@H](Cc1cccc(F)c1)N1CCCC1=O)C1CCC1. The number of rotatable bonds is 6. The number of amides is 2. The Morgan fingerprint density at radius 2 is 2.17 bits per heavy atom. The number of halogens is 1. The second-order valence-corrected chi connectivity index (χ2v) is 6.55. The van der Waals surface area contributed by atoms with Gasteiger partial charge in [0.2, 0.25) is 11.8 Å². The third kappa shape index (κ3) is 3.89. The first-order valence-corrected chi connectivity index (χ1v) is 8.45. The monoisotopic (exact) mass is 318 g/mol. The van der Waals surface area contributed by atoms with Gasteiger partial charge in [-0.15, -0.1) is 0 Å². The van der Waals surface area contributed by atoms with Crippen LogP contribution in [-0.4, -0.2) is 35.8 Å². The van der Waals surface area contributed by atoms with Crippen LogP contribution in [0.4, 0.5) is 4.39 Å². The molecule has 23 heavy (non-hydrogen) atoms. The predicted octanol–water partition coefficient (Wildman–Crippen LogP) is 2.28. The molecule has 0 spiro atoms. The van der Waals surface area contributed by atoms with Crippen molar-refractivity contribution in [2.75, 3.05) is 13.1 Å². The van der Waals surface area contributed by atoms with Crippen molar-refractivity contribution in [2.45, 2.75) is 44.6 Å². The van der Waals surface area contributed by atoms with Gasteiger partial charge in [-0.05, 0) is 43.4 Å². The Labute approximate surface area is 136 Å². The number of nitrogens with zero attached hydrogens (tertiary/aromatic N) is 1. The van der Waals surface area contributed by atoms with Crippen LogP contribution >= 0.6 is 0 Å². The quantitative estimate of drug-likeness (QED) is 0.875. The molecule has 1 aliphatic heterocycles. The molecule has 0 bridgehead atoms. The number of hydrogen-bond acceptors (Lipinski definition) is 2. The number of benzene rings is 1. The number of hydrogen-bond donors (Lipinski definition) is 1. The summed E-state index contributed by atoms with van der Waals surface area (Å²) in [6.07, 6.45) is 5.03. The van der Waals surface area contributed by atoms with Crippen LogP contribution in [0.3, 0.4) is 0 Å². The number of nitrogens with one attached hydrogen (secondary N) is 1. The van der Waals surface area contributed by atoms with Gasteiger partial charge in [0.05, 0.1) is 6.04 Å². The summed E-state index contributed by atoms with van der Waals surface area (Å²) in [4.78, 5) is 26.0. The zero-order chi connectivity index (χ0) is 16.2. The van der Waals surface area contributed by atoms with E-state index in [0.29, 0.717) is 19.4 Å². The van der Waals surface area contributed by atoms with E-state index in [9.17, 15) is 14.0 Å². The minimum Gasteiger partial charge on any atom is -0.354 e. The number of carbonyl (C=O) groups excluding carboxylic acids is 2. The Bertz CT molecular complexity index is 586. The molecule has 2 fully saturated rings. The molecule has 1 aromatic carbocycles. The maximum absolute atomic E-state index is 13.4. The summed E-state index contributed by atoms with van der Waals surface area (Å²) in [7, 11) is 0. The molecule has 3 rings (SSSR count). The Morgan fingerprint density at radius 1 is 1.35 bits per heavy atom. The number of carbonyl (C=O) groups is 2. The highest BCUT2D eigenvalue weighted by Gasteiger charge is 2.30. The predicted molar refractivity (Wildman–Crippen MR) is 85.2 cm³/mol. The molecule has 1 saturated heterocycles. The van der Waals surface area contributed by atoms with Crippen molar-refractivity contribution < 1.29 is 14.0 Å². The molecule has 124 valence electrons. The molecule has 5 heteroatoms. The normalized spacial score (nSPS) is 19.5. The molecule has 0 unspecified atom stereocenters. The lowest BCUT2D eigenvalue weighted by Gasteiger charge is -2.30. The van der Waals surface area contributed by atoms with E-state index in [-0.39, 0.29) is 29.6 Å². The second-order valence-electron chi connectivity index (χ2n) is 6.55. The fourth-order valence-corrected chi connectivity index (χ4v) is 3.32. The first kappa shape index (κ1) is 16.0. The fourth-order valence-electron chi connectivity index (χ4n) is 3.32. The van der Waals surface area contributed by atoms with E-state index in [1.165, 1.54) is 12.1 Å². The first-order chi connectivity index (χ1) is 11.1. The van der Waals surface area contributed by atoms with E-state index in [0.717, 1.165) is 37.8 Å². The van der Waals surface area contributed by atoms with Crippen molar-refractivity contribution >= 4 is 11.8 Å². The molecule has 0 radical (unpaired) electrons. The molecular formula is C18H23FN2O2. The zero-order valence-electron chi connectivity index (χ0n) is 13.3. The Hall–Kier alpha value is -1.91. The van der Waals surface area contributed by atoms with Crippen LogP contribution < -0.4 is 5.32 Å². The summed E-state index contributed by atoms with van der Waals surface area (Å²) >= 11 is 0. The molecule has 2 amide bonds. The summed E-state index contributed by atoms with van der Waals surface area (Å²) < 4.78 is 13.4. The molecule has 1 atom stereocenters. The van der Waals surface area contributed by atoms with Gasteiger partial charge in [0.25, 0.3) is 0 Å². The van der Waals surface area contributed by atoms with Crippen LogP contribution in [0.5, 0.6) is 0 Å². The van der Waals surface area contributed by atoms with Gasteiger partial charge in [0, 0.05) is 25.4 Å². The largest absolute Gasteiger partial charge is 0.354 e. The van der Waals surface area contributed by atoms with E-state index in [1.54, 1.807) is 6.07 Å². The maximum Gasteiger partial charge on any atom is 0.223 e. The molecule has 1 aliphatic carbocycles. The minimum absolute atomic E-state index is 0.0899. The lowest BCUT2D eigenvalue weighted by molar-refractivity contribution is -0.131. The van der Waals surface area contributed by atoms with Gasteiger partial charge in [-0.2, -0.15) is 0 Å². The third-order valence-electron chi connectivity index (χ3n) is 4.90. The lowest BCUT2D eigenvalue weighted by atomic mass is 9.85. The van der Waals surface area contributed by atoms with Crippen molar-refractivity contribution in [3.8, 4) is 0 Å². The average molecular weight is 318 g/mol. The third-order valence-corrected chi connectivity index (χ3v) is 4.90. The van der Waals surface area contributed by atoms with E-state index < -0.39 is 0 Å². The van der Waals surface area contributed by atoms with E-state index in [4.69, 9.17) is 0 Å². The van der Waals surface area contributed by atoms with Gasteiger partial charge in [0.1, 0.15) is 5.82 Å². The Kier molecular flexibility index (Phi) is 4.94. The van der Waals surface area contributed by atoms with Crippen molar-refractivity contribution in [2.24, 2.45) is 5.92 Å². The molecular weight excluding hydrogens is 295 g/mol. The van der Waals surface area contributed by atoms with Crippen LogP contribution in [0.1, 0.15) is 37.7 Å². The zero-order valence-corrected chi connectivity index (χ0v) is 13.3. The standard InChI is InChI=1S/C18H23FN2O2/c19-15-7-1-4-13(10-15)11-16(21-9-3-8-17(21)22)12-20-18(23)14-5-2-6-14/h1,4,7,10,14,16H,2-3,5-6,8-9,11-12H2,(H,20,23)/t16-/m1/s1. The fraction of sp³-hybridized carbons (Fsp3) is 0.556. The van der Waals surface area contributed by atoms with Crippen molar-refractivity contribution in [1.82, 2.24) is 10.2 Å². The molecule has 1 N–H and O–H groups in total. The van der Waals surface area contributed by atoms with E-state index in [1.807, 2.05) is 11.0 Å². The smallest absolute Gasteiger partial charge is 0.223 e. The van der Waals surface area contributed by atoms with Gasteiger partial charge >= 0.3 is 0 Å². The van der Waals surface area contributed by atoms with Gasteiger partial charge in [-0.3, -0.25) is 9.59 Å². The van der Waals surface area contributed by atoms with Crippen LogP contribution in [-0.2, 0) is 16.0 Å². The van der Waals surface area contributed by atoms with Crippen LogP contribution in [0.15, 0.2) is 24.3 Å². The van der Waals surface area contributed by atoms with E-state index in [2.05, 4.69) is 5.32 Å². The van der Waals surface area contributed by atoms with Gasteiger partial charge in [-0.25, -0.2) is 4.39 Å². The Balaban J connectivity index is 1.65. The van der Waals surface area contributed by atoms with Gasteiger partial charge in [-0.1, -0.05) is 18.6 Å². The van der Waals surface area contributed by atoms with E-state index >= 15 is 0 Å². The van der Waals surface area contributed by atoms with Gasteiger partial charge < -0.3 is 10.2 Å². The van der Waals surface area contributed by atoms with Crippen LogP contribution in [0, 0.1) is 11.7 Å². The first-order valence-electron chi connectivity index (χ1n) is 8.45. The summed E-state index contributed by atoms with van der Waals surface area (Å²) in [5.41, 5.74) is 0.854. The number of likely N-dealkylation sites (tertiary alicyclic amines) is 1. The average Bonchev–Trinajstić information content (AvgIpc) is 2.88. The molecule has 1 heterocycles. The maximum atomic E-state index is 13.4. The highest BCUT2D eigenvalue weighted by molar-refractivity contribution is 5.80. The molecule has 0 aromatic heterocycles. The lowest BCUT2D eigenvalue weighted by Crippen LogP contribution is -2.47. The van der Waals surface area contributed by atoms with Crippen molar-refractivity contribution in [3.63, 3.8) is 0 Å². The summed E-state index contributed by atoms with van der Waals surface area (Å²) in [5.74, 6) is 0.0861. The minimum atomic E-state index is -0.271.